The molecular weight excluding hydrogens is 196 g/mol. The van der Waals surface area contributed by atoms with E-state index >= 15 is 0 Å². The number of nitrogen functional groups attached to an aromatic ring is 1. The Morgan fingerprint density at radius 3 is 2.93 bits per heavy atom. The lowest BCUT2D eigenvalue weighted by molar-refractivity contribution is 0.685. The van der Waals surface area contributed by atoms with Crippen LogP contribution in [0.5, 0.6) is 0 Å². The number of hydrogen-bond donors (Lipinski definition) is 2. The van der Waals surface area contributed by atoms with Gasteiger partial charge in [-0.3, -0.25) is 4.21 Å². The zero-order chi connectivity index (χ0) is 10.4. The van der Waals surface area contributed by atoms with Gasteiger partial charge in [0.2, 0.25) is 0 Å². The molecule has 0 aromatic heterocycles. The molecule has 1 rings (SSSR count). The Labute approximate surface area is 87.2 Å². The zero-order valence-electron chi connectivity index (χ0n) is 8.32. The highest BCUT2D eigenvalue weighted by Gasteiger charge is 1.93. The Morgan fingerprint density at radius 1 is 1.50 bits per heavy atom. The van der Waals surface area contributed by atoms with Gasteiger partial charge in [-0.25, -0.2) is 0 Å². The van der Waals surface area contributed by atoms with Gasteiger partial charge in [0, 0.05) is 40.7 Å². The molecule has 0 bridgehead atoms. The molecular formula is C10H16N2OS. The van der Waals surface area contributed by atoms with Crippen LogP contribution in [-0.2, 0) is 10.8 Å². The van der Waals surface area contributed by atoms with Crippen molar-refractivity contribution >= 4 is 22.2 Å². The third-order valence-electron chi connectivity index (χ3n) is 1.82. The predicted octanol–water partition coefficient (Wildman–Crippen LogP) is 1.45. The second-order valence-electron chi connectivity index (χ2n) is 3.18. The number of hydrogen-bond acceptors (Lipinski definition) is 3. The van der Waals surface area contributed by atoms with E-state index < -0.39 is 10.8 Å². The molecule has 0 radical (unpaired) electrons. The van der Waals surface area contributed by atoms with Gasteiger partial charge in [-0.2, -0.15) is 0 Å². The fraction of sp³-hybridized carbons (Fsp3) is 0.400. The van der Waals surface area contributed by atoms with Crippen molar-refractivity contribution < 1.29 is 4.21 Å². The molecule has 0 aliphatic carbocycles. The SMILES string of the molecule is CS(=O)CCCNc1cccc(N)c1. The summed E-state index contributed by atoms with van der Waals surface area (Å²) >= 11 is 0. The fourth-order valence-corrected chi connectivity index (χ4v) is 1.71. The van der Waals surface area contributed by atoms with Gasteiger partial charge < -0.3 is 11.1 Å². The predicted molar refractivity (Wildman–Crippen MR) is 62.9 cm³/mol. The number of anilines is 2. The molecule has 0 heterocycles. The second kappa shape index (κ2) is 5.65. The van der Waals surface area contributed by atoms with Crippen LogP contribution in [0.4, 0.5) is 11.4 Å². The van der Waals surface area contributed by atoms with Crippen LogP contribution < -0.4 is 11.1 Å². The summed E-state index contributed by atoms with van der Waals surface area (Å²) in [6.07, 6.45) is 2.64. The summed E-state index contributed by atoms with van der Waals surface area (Å²) in [4.78, 5) is 0. The van der Waals surface area contributed by atoms with Crippen molar-refractivity contribution in [2.45, 2.75) is 6.42 Å². The summed E-state index contributed by atoms with van der Waals surface area (Å²) in [6, 6.07) is 7.63. The highest BCUT2D eigenvalue weighted by molar-refractivity contribution is 7.84. The molecule has 0 fully saturated rings. The molecule has 3 nitrogen and oxygen atoms in total. The van der Waals surface area contributed by atoms with E-state index in [4.69, 9.17) is 5.73 Å². The van der Waals surface area contributed by atoms with Gasteiger partial charge in [-0.05, 0) is 24.6 Å². The Balaban J connectivity index is 2.28. The maximum Gasteiger partial charge on any atom is 0.0360 e. The molecule has 1 aromatic carbocycles. The van der Waals surface area contributed by atoms with Crippen LogP contribution in [-0.4, -0.2) is 22.8 Å². The molecule has 0 aliphatic heterocycles. The van der Waals surface area contributed by atoms with E-state index in [-0.39, 0.29) is 0 Å². The molecule has 1 aromatic rings. The normalized spacial score (nSPS) is 12.4. The first kappa shape index (κ1) is 11.0. The number of nitrogens with one attached hydrogen (secondary N) is 1. The van der Waals surface area contributed by atoms with Crippen LogP contribution in [0.3, 0.4) is 0 Å². The van der Waals surface area contributed by atoms with E-state index in [0.29, 0.717) is 0 Å². The van der Waals surface area contributed by atoms with Gasteiger partial charge in [-0.1, -0.05) is 6.07 Å². The highest BCUT2D eigenvalue weighted by atomic mass is 32.2. The molecule has 0 spiro atoms. The zero-order valence-corrected chi connectivity index (χ0v) is 9.14. The summed E-state index contributed by atoms with van der Waals surface area (Å²) in [7, 11) is -0.693. The minimum Gasteiger partial charge on any atom is -0.399 e. The number of nitrogens with two attached hydrogens (primary N) is 1. The first-order chi connectivity index (χ1) is 6.68. The van der Waals surface area contributed by atoms with Crippen LogP contribution >= 0.6 is 0 Å². The van der Waals surface area contributed by atoms with Crippen molar-refractivity contribution in [2.75, 3.05) is 29.6 Å². The summed E-state index contributed by atoms with van der Waals surface area (Å²) in [6.45, 7) is 0.836. The molecule has 14 heavy (non-hydrogen) atoms. The van der Waals surface area contributed by atoms with Crippen molar-refractivity contribution in [3.8, 4) is 0 Å². The molecule has 0 aliphatic rings. The largest absolute Gasteiger partial charge is 0.399 e. The third-order valence-corrected chi connectivity index (χ3v) is 2.69. The lowest BCUT2D eigenvalue weighted by Gasteiger charge is -2.05. The van der Waals surface area contributed by atoms with E-state index in [9.17, 15) is 4.21 Å². The Kier molecular flexibility index (Phi) is 4.46. The third kappa shape index (κ3) is 4.28. The van der Waals surface area contributed by atoms with E-state index in [1.54, 1.807) is 6.26 Å². The summed E-state index contributed by atoms with van der Waals surface area (Å²) < 4.78 is 10.8. The van der Waals surface area contributed by atoms with Crippen molar-refractivity contribution in [2.24, 2.45) is 0 Å². The lowest BCUT2D eigenvalue weighted by atomic mass is 10.3. The summed E-state index contributed by atoms with van der Waals surface area (Å²) in [5, 5.41) is 3.23. The van der Waals surface area contributed by atoms with Gasteiger partial charge in [0.05, 0.1) is 0 Å². The van der Waals surface area contributed by atoms with E-state index in [1.165, 1.54) is 0 Å². The van der Waals surface area contributed by atoms with Gasteiger partial charge in [0.25, 0.3) is 0 Å². The van der Waals surface area contributed by atoms with Crippen LogP contribution in [0.1, 0.15) is 6.42 Å². The minimum atomic E-state index is -0.693. The van der Waals surface area contributed by atoms with Gasteiger partial charge in [0.15, 0.2) is 0 Å². The summed E-state index contributed by atoms with van der Waals surface area (Å²) in [5.41, 5.74) is 7.40. The average Bonchev–Trinajstić information content (AvgIpc) is 2.12. The smallest absolute Gasteiger partial charge is 0.0360 e. The lowest BCUT2D eigenvalue weighted by Crippen LogP contribution is -2.06. The quantitative estimate of drug-likeness (QED) is 0.574. The molecule has 0 saturated carbocycles. The number of benzene rings is 1. The van der Waals surface area contributed by atoms with Crippen LogP contribution in [0.2, 0.25) is 0 Å². The molecule has 4 heteroatoms. The van der Waals surface area contributed by atoms with Gasteiger partial charge in [-0.15, -0.1) is 0 Å². The van der Waals surface area contributed by atoms with E-state index in [0.717, 1.165) is 30.1 Å². The second-order valence-corrected chi connectivity index (χ2v) is 4.74. The van der Waals surface area contributed by atoms with Crippen molar-refractivity contribution in [3.63, 3.8) is 0 Å². The van der Waals surface area contributed by atoms with Crippen LogP contribution in [0, 0.1) is 0 Å². The Hall–Kier alpha value is -1.03. The summed E-state index contributed by atoms with van der Waals surface area (Å²) in [5.74, 6) is 0.745. The van der Waals surface area contributed by atoms with Crippen molar-refractivity contribution in [3.05, 3.63) is 24.3 Å². The highest BCUT2D eigenvalue weighted by Crippen LogP contribution is 2.11. The topological polar surface area (TPSA) is 55.1 Å². The molecule has 0 saturated heterocycles. The average molecular weight is 212 g/mol. The molecule has 3 N–H and O–H groups in total. The molecule has 0 amide bonds. The van der Waals surface area contributed by atoms with Crippen molar-refractivity contribution in [1.82, 2.24) is 0 Å². The van der Waals surface area contributed by atoms with Crippen LogP contribution in [0.15, 0.2) is 24.3 Å². The van der Waals surface area contributed by atoms with Gasteiger partial charge >= 0.3 is 0 Å². The van der Waals surface area contributed by atoms with Crippen molar-refractivity contribution in [1.29, 1.82) is 0 Å². The maximum atomic E-state index is 10.8. The number of rotatable bonds is 5. The molecule has 78 valence electrons. The fourth-order valence-electron chi connectivity index (χ4n) is 1.16. The minimum absolute atomic E-state index is 0.693. The first-order valence-electron chi connectivity index (χ1n) is 4.58. The maximum absolute atomic E-state index is 10.8. The van der Waals surface area contributed by atoms with E-state index in [2.05, 4.69) is 5.32 Å². The van der Waals surface area contributed by atoms with Crippen LogP contribution in [0.25, 0.3) is 0 Å². The van der Waals surface area contributed by atoms with E-state index in [1.807, 2.05) is 24.3 Å². The Bertz CT molecular complexity index is 315. The molecule has 1 atom stereocenters. The first-order valence-corrected chi connectivity index (χ1v) is 6.30. The molecule has 1 unspecified atom stereocenters. The standard InChI is InChI=1S/C10H16N2OS/c1-14(13)7-3-6-12-10-5-2-4-9(11)8-10/h2,4-5,8,12H,3,6-7,11H2,1H3. The van der Waals surface area contributed by atoms with Gasteiger partial charge in [0.1, 0.15) is 0 Å². The Morgan fingerprint density at radius 2 is 2.29 bits per heavy atom. The monoisotopic (exact) mass is 212 g/mol.